The van der Waals surface area contributed by atoms with Gasteiger partial charge in [-0.25, -0.2) is 0 Å². The summed E-state index contributed by atoms with van der Waals surface area (Å²) >= 11 is 0. The molecule has 116 valence electrons. The number of rotatable bonds is 2. The number of methoxy groups -OCH3 is 1. The molecular weight excluding hydrogens is 278 g/mol. The summed E-state index contributed by atoms with van der Waals surface area (Å²) in [5.74, 6) is 0.854. The van der Waals surface area contributed by atoms with Crippen LogP contribution in [-0.2, 0) is 10.3 Å². The fourth-order valence-electron chi connectivity index (χ4n) is 3.79. The van der Waals surface area contributed by atoms with Gasteiger partial charge in [0.2, 0.25) is 0 Å². The highest BCUT2D eigenvalue weighted by atomic mass is 16.5. The number of nitrogens with one attached hydrogen (secondary N) is 1. The molecular formula is C18H21NO3. The van der Waals surface area contributed by atoms with Crippen LogP contribution in [0.4, 0.5) is 0 Å². The van der Waals surface area contributed by atoms with Crippen LogP contribution in [0.25, 0.3) is 10.8 Å². The van der Waals surface area contributed by atoms with Gasteiger partial charge >= 0.3 is 0 Å². The number of benzene rings is 2. The highest BCUT2D eigenvalue weighted by molar-refractivity contribution is 5.84. The molecule has 0 aromatic heterocycles. The lowest BCUT2D eigenvalue weighted by atomic mass is 9.77. The van der Waals surface area contributed by atoms with Crippen molar-refractivity contribution >= 4 is 10.8 Å². The Morgan fingerprint density at radius 2 is 1.77 bits per heavy atom. The first kappa shape index (κ1) is 14.0. The highest BCUT2D eigenvalue weighted by Crippen LogP contribution is 2.38. The van der Waals surface area contributed by atoms with E-state index in [1.54, 1.807) is 7.11 Å². The summed E-state index contributed by atoms with van der Waals surface area (Å²) in [5.41, 5.74) is 0.238. The summed E-state index contributed by atoms with van der Waals surface area (Å²) in [5, 5.41) is 17.0. The van der Waals surface area contributed by atoms with Crippen molar-refractivity contribution in [2.24, 2.45) is 0 Å². The molecule has 0 spiro atoms. The maximum atomic E-state index is 11.2. The fraction of sp³-hybridized carbons (Fsp3) is 0.444. The average Bonchev–Trinajstić information content (AvgIpc) is 2.53. The topological polar surface area (TPSA) is 50.7 Å². The van der Waals surface area contributed by atoms with Crippen molar-refractivity contribution in [2.75, 3.05) is 20.3 Å². The van der Waals surface area contributed by atoms with Crippen molar-refractivity contribution in [1.29, 1.82) is 0 Å². The van der Waals surface area contributed by atoms with E-state index in [1.807, 2.05) is 24.3 Å². The Morgan fingerprint density at radius 3 is 2.50 bits per heavy atom. The molecule has 4 nitrogen and oxygen atoms in total. The Kier molecular flexibility index (Phi) is 3.33. The molecule has 2 aliphatic heterocycles. The third kappa shape index (κ3) is 2.37. The summed E-state index contributed by atoms with van der Waals surface area (Å²) < 4.78 is 10.8. The van der Waals surface area contributed by atoms with Gasteiger partial charge in [-0.1, -0.05) is 18.2 Å². The predicted octanol–water partition coefficient (Wildman–Crippen LogP) is 2.19. The van der Waals surface area contributed by atoms with E-state index in [9.17, 15) is 5.11 Å². The lowest BCUT2D eigenvalue weighted by Crippen LogP contribution is -2.58. The standard InChI is InChI=1S/C18H21NO3/c1-21-17-5-3-12-6-14(4-2-13(12)7-17)18(20)8-15-10-22-11-16(9-18)19-15/h2-7,15-16,19-20H,8-11H2,1H3. The first-order valence-corrected chi connectivity index (χ1v) is 7.81. The maximum absolute atomic E-state index is 11.2. The molecule has 2 N–H and O–H groups in total. The SMILES string of the molecule is COc1ccc2cc(C3(O)CC4COCC(C3)N4)ccc2c1. The van der Waals surface area contributed by atoms with E-state index in [1.165, 1.54) is 0 Å². The largest absolute Gasteiger partial charge is 0.497 e. The number of hydrogen-bond donors (Lipinski definition) is 2. The molecule has 22 heavy (non-hydrogen) atoms. The number of morpholine rings is 1. The van der Waals surface area contributed by atoms with Gasteiger partial charge in [0, 0.05) is 12.1 Å². The third-order valence-electron chi connectivity index (χ3n) is 4.86. The Morgan fingerprint density at radius 1 is 1.09 bits per heavy atom. The molecule has 0 saturated carbocycles. The summed E-state index contributed by atoms with van der Waals surface area (Å²) in [7, 11) is 1.67. The monoisotopic (exact) mass is 299 g/mol. The van der Waals surface area contributed by atoms with Gasteiger partial charge < -0.3 is 19.9 Å². The van der Waals surface area contributed by atoms with Crippen LogP contribution in [0.5, 0.6) is 5.75 Å². The molecule has 2 aromatic rings. The normalized spacial score (nSPS) is 31.2. The zero-order valence-corrected chi connectivity index (χ0v) is 12.7. The van der Waals surface area contributed by atoms with Crippen molar-refractivity contribution in [1.82, 2.24) is 5.32 Å². The van der Waals surface area contributed by atoms with Crippen molar-refractivity contribution in [3.63, 3.8) is 0 Å². The first-order valence-electron chi connectivity index (χ1n) is 7.81. The fourth-order valence-corrected chi connectivity index (χ4v) is 3.79. The minimum atomic E-state index is -0.765. The molecule has 0 radical (unpaired) electrons. The molecule has 4 rings (SSSR count). The van der Waals surface area contributed by atoms with Crippen LogP contribution in [0.1, 0.15) is 18.4 Å². The molecule has 2 aliphatic rings. The third-order valence-corrected chi connectivity index (χ3v) is 4.86. The summed E-state index contributed by atoms with van der Waals surface area (Å²) in [4.78, 5) is 0. The van der Waals surface area contributed by atoms with Gasteiger partial charge in [-0.05, 0) is 47.4 Å². The van der Waals surface area contributed by atoms with Crippen LogP contribution < -0.4 is 10.1 Å². The summed E-state index contributed by atoms with van der Waals surface area (Å²) in [6, 6.07) is 12.7. The van der Waals surface area contributed by atoms with E-state index in [-0.39, 0.29) is 12.1 Å². The van der Waals surface area contributed by atoms with Crippen LogP contribution in [0.2, 0.25) is 0 Å². The van der Waals surface area contributed by atoms with Crippen molar-refractivity contribution in [2.45, 2.75) is 30.5 Å². The maximum Gasteiger partial charge on any atom is 0.119 e. The molecule has 0 amide bonds. The molecule has 0 aliphatic carbocycles. The van der Waals surface area contributed by atoms with Gasteiger partial charge in [-0.2, -0.15) is 0 Å². The Bertz CT molecular complexity index is 688. The molecule has 2 unspecified atom stereocenters. The minimum Gasteiger partial charge on any atom is -0.497 e. The van der Waals surface area contributed by atoms with Crippen LogP contribution in [0.15, 0.2) is 36.4 Å². The van der Waals surface area contributed by atoms with Gasteiger partial charge in [0.15, 0.2) is 0 Å². The zero-order valence-electron chi connectivity index (χ0n) is 12.7. The van der Waals surface area contributed by atoms with Gasteiger partial charge in [0.25, 0.3) is 0 Å². The van der Waals surface area contributed by atoms with Gasteiger partial charge in [0.05, 0.1) is 25.9 Å². The van der Waals surface area contributed by atoms with Gasteiger partial charge in [-0.3, -0.25) is 0 Å². The zero-order chi connectivity index (χ0) is 15.2. The number of ether oxygens (including phenoxy) is 2. The van der Waals surface area contributed by atoms with Crippen LogP contribution in [0, 0.1) is 0 Å². The average molecular weight is 299 g/mol. The van der Waals surface area contributed by atoms with Crippen LogP contribution >= 0.6 is 0 Å². The highest BCUT2D eigenvalue weighted by Gasteiger charge is 2.42. The molecule has 2 aromatic carbocycles. The Hall–Kier alpha value is -1.62. The predicted molar refractivity (Wildman–Crippen MR) is 85.2 cm³/mol. The van der Waals surface area contributed by atoms with Crippen molar-refractivity contribution in [3.8, 4) is 5.75 Å². The van der Waals surface area contributed by atoms with E-state index in [2.05, 4.69) is 17.4 Å². The molecule has 2 saturated heterocycles. The van der Waals surface area contributed by atoms with Crippen LogP contribution in [-0.4, -0.2) is 37.5 Å². The van der Waals surface area contributed by atoms with Crippen molar-refractivity contribution < 1.29 is 14.6 Å². The van der Waals surface area contributed by atoms with Gasteiger partial charge in [-0.15, -0.1) is 0 Å². The number of aliphatic hydroxyl groups is 1. The molecule has 2 atom stereocenters. The Labute approximate surface area is 130 Å². The van der Waals surface area contributed by atoms with E-state index in [4.69, 9.17) is 9.47 Å². The minimum absolute atomic E-state index is 0.240. The second-order valence-corrected chi connectivity index (χ2v) is 6.47. The van der Waals surface area contributed by atoms with Crippen LogP contribution in [0.3, 0.4) is 0 Å². The number of piperidine rings is 1. The lowest BCUT2D eigenvalue weighted by Gasteiger charge is -2.45. The number of hydrogen-bond acceptors (Lipinski definition) is 4. The molecule has 2 fully saturated rings. The van der Waals surface area contributed by atoms with E-state index >= 15 is 0 Å². The number of fused-ring (bicyclic) bond motifs is 3. The Balaban J connectivity index is 1.70. The molecule has 2 heterocycles. The van der Waals surface area contributed by atoms with Crippen molar-refractivity contribution in [3.05, 3.63) is 42.0 Å². The lowest BCUT2D eigenvalue weighted by molar-refractivity contribution is -0.0801. The smallest absolute Gasteiger partial charge is 0.119 e. The second kappa shape index (κ2) is 5.23. The quantitative estimate of drug-likeness (QED) is 0.892. The van der Waals surface area contributed by atoms with E-state index in [0.29, 0.717) is 26.1 Å². The molecule has 4 heteroatoms. The summed E-state index contributed by atoms with van der Waals surface area (Å²) in [6.07, 6.45) is 1.40. The molecule has 2 bridgehead atoms. The summed E-state index contributed by atoms with van der Waals surface area (Å²) in [6.45, 7) is 1.37. The van der Waals surface area contributed by atoms with Gasteiger partial charge in [0.1, 0.15) is 5.75 Å². The van der Waals surface area contributed by atoms with E-state index in [0.717, 1.165) is 22.1 Å². The second-order valence-electron chi connectivity index (χ2n) is 6.47. The van der Waals surface area contributed by atoms with E-state index < -0.39 is 5.60 Å². The first-order chi connectivity index (χ1) is 10.7.